The second-order valence-corrected chi connectivity index (χ2v) is 5.17. The Morgan fingerprint density at radius 3 is 2.63 bits per heavy atom. The number of nitrogens with zero attached hydrogens (tertiary/aromatic N) is 1. The number of nitro groups is 1. The van der Waals surface area contributed by atoms with Crippen LogP contribution in [0.5, 0.6) is 5.75 Å². The highest BCUT2D eigenvalue weighted by molar-refractivity contribution is 5.49. The first-order valence-electron chi connectivity index (χ1n) is 6.67. The predicted molar refractivity (Wildman–Crippen MR) is 73.7 cm³/mol. The van der Waals surface area contributed by atoms with Gasteiger partial charge in [-0.25, -0.2) is 0 Å². The van der Waals surface area contributed by atoms with Crippen LogP contribution < -0.4 is 10.1 Å². The Kier molecular flexibility index (Phi) is 4.37. The van der Waals surface area contributed by atoms with Gasteiger partial charge in [-0.3, -0.25) is 10.1 Å². The highest BCUT2D eigenvalue weighted by Gasteiger charge is 2.17. The van der Waals surface area contributed by atoms with E-state index in [9.17, 15) is 10.1 Å². The molecule has 1 saturated heterocycles. The lowest BCUT2D eigenvalue weighted by atomic mass is 9.99. The van der Waals surface area contributed by atoms with Gasteiger partial charge < -0.3 is 10.1 Å². The summed E-state index contributed by atoms with van der Waals surface area (Å²) in [7, 11) is 0. The molecule has 0 bridgehead atoms. The van der Waals surface area contributed by atoms with Crippen molar-refractivity contribution < 1.29 is 9.66 Å². The van der Waals surface area contributed by atoms with Crippen LogP contribution in [0, 0.1) is 29.9 Å². The molecule has 0 saturated carbocycles. The predicted octanol–water partition coefficient (Wildman–Crippen LogP) is 2.59. The van der Waals surface area contributed by atoms with Crippen LogP contribution in [0.1, 0.15) is 24.0 Å². The number of aryl methyl sites for hydroxylation is 2. The smallest absolute Gasteiger partial charge is 0.272 e. The number of nitro benzene ring substituents is 1. The molecular weight excluding hydrogens is 244 g/mol. The lowest BCUT2D eigenvalue weighted by Gasteiger charge is -2.23. The van der Waals surface area contributed by atoms with Crippen LogP contribution in [0.25, 0.3) is 0 Å². The zero-order valence-electron chi connectivity index (χ0n) is 11.4. The van der Waals surface area contributed by atoms with Crippen molar-refractivity contribution in [3.8, 4) is 5.75 Å². The molecule has 1 aliphatic heterocycles. The Morgan fingerprint density at radius 2 is 2.00 bits per heavy atom. The third-order valence-electron chi connectivity index (χ3n) is 3.62. The van der Waals surface area contributed by atoms with Gasteiger partial charge in [-0.2, -0.15) is 0 Å². The molecular formula is C14H20N2O3. The van der Waals surface area contributed by atoms with Gasteiger partial charge in [-0.05, 0) is 57.3 Å². The molecule has 0 radical (unpaired) electrons. The van der Waals surface area contributed by atoms with Crippen molar-refractivity contribution in [1.29, 1.82) is 0 Å². The highest BCUT2D eigenvalue weighted by atomic mass is 16.6. The fourth-order valence-electron chi connectivity index (χ4n) is 2.38. The molecule has 5 heteroatoms. The average molecular weight is 264 g/mol. The summed E-state index contributed by atoms with van der Waals surface area (Å²) in [5.41, 5.74) is 1.63. The van der Waals surface area contributed by atoms with E-state index < -0.39 is 0 Å². The monoisotopic (exact) mass is 264 g/mol. The SMILES string of the molecule is Cc1cc([N+](=O)[O-])c(C)cc1OCC1CCNCC1. The number of ether oxygens (including phenoxy) is 1. The minimum atomic E-state index is -0.348. The molecule has 0 unspecified atom stereocenters. The molecule has 104 valence electrons. The number of hydrogen-bond donors (Lipinski definition) is 1. The van der Waals surface area contributed by atoms with Gasteiger partial charge in [0, 0.05) is 11.6 Å². The summed E-state index contributed by atoms with van der Waals surface area (Å²) >= 11 is 0. The number of hydrogen-bond acceptors (Lipinski definition) is 4. The van der Waals surface area contributed by atoms with Gasteiger partial charge >= 0.3 is 0 Å². The van der Waals surface area contributed by atoms with Crippen molar-refractivity contribution in [1.82, 2.24) is 5.32 Å². The molecule has 19 heavy (non-hydrogen) atoms. The molecule has 0 aliphatic carbocycles. The number of benzene rings is 1. The van der Waals surface area contributed by atoms with Gasteiger partial charge in [0.2, 0.25) is 0 Å². The van der Waals surface area contributed by atoms with Crippen molar-refractivity contribution in [3.63, 3.8) is 0 Å². The Balaban J connectivity index is 2.04. The van der Waals surface area contributed by atoms with Crippen LogP contribution >= 0.6 is 0 Å². The third kappa shape index (κ3) is 3.44. The topological polar surface area (TPSA) is 64.4 Å². The van der Waals surface area contributed by atoms with E-state index in [0.717, 1.165) is 37.2 Å². The maximum atomic E-state index is 10.8. The molecule has 1 aromatic rings. The molecule has 0 amide bonds. The molecule has 0 aromatic heterocycles. The molecule has 1 fully saturated rings. The van der Waals surface area contributed by atoms with Crippen LogP contribution in [-0.2, 0) is 0 Å². The average Bonchev–Trinajstić information content (AvgIpc) is 2.40. The van der Waals surface area contributed by atoms with E-state index in [1.807, 2.05) is 6.92 Å². The zero-order chi connectivity index (χ0) is 13.8. The standard InChI is InChI=1S/C14H20N2O3/c1-10-8-14(11(2)7-13(10)16(17)18)19-9-12-3-5-15-6-4-12/h7-8,12,15H,3-6,9H2,1-2H3. The van der Waals surface area contributed by atoms with Gasteiger partial charge in [-0.1, -0.05) is 0 Å². The van der Waals surface area contributed by atoms with Crippen LogP contribution in [0.3, 0.4) is 0 Å². The Bertz CT molecular complexity index is 468. The molecule has 0 atom stereocenters. The summed E-state index contributed by atoms with van der Waals surface area (Å²) in [5.74, 6) is 1.35. The second-order valence-electron chi connectivity index (χ2n) is 5.17. The quantitative estimate of drug-likeness (QED) is 0.670. The van der Waals surface area contributed by atoms with E-state index in [2.05, 4.69) is 5.32 Å². The van der Waals surface area contributed by atoms with Crippen molar-refractivity contribution >= 4 is 5.69 Å². The van der Waals surface area contributed by atoms with Crippen LogP contribution in [0.15, 0.2) is 12.1 Å². The molecule has 5 nitrogen and oxygen atoms in total. The Morgan fingerprint density at radius 1 is 1.32 bits per heavy atom. The van der Waals surface area contributed by atoms with Crippen LogP contribution in [-0.4, -0.2) is 24.6 Å². The van der Waals surface area contributed by atoms with Crippen LogP contribution in [0.4, 0.5) is 5.69 Å². The van der Waals surface area contributed by atoms with Crippen molar-refractivity contribution in [3.05, 3.63) is 33.4 Å². The Hall–Kier alpha value is -1.62. The van der Waals surface area contributed by atoms with Crippen molar-refractivity contribution in [2.75, 3.05) is 19.7 Å². The van der Waals surface area contributed by atoms with Crippen molar-refractivity contribution in [2.24, 2.45) is 5.92 Å². The maximum absolute atomic E-state index is 10.8. The lowest BCUT2D eigenvalue weighted by Crippen LogP contribution is -2.30. The highest BCUT2D eigenvalue weighted by Crippen LogP contribution is 2.28. The molecule has 2 rings (SSSR count). The molecule has 0 spiro atoms. The Labute approximate surface area is 113 Å². The van der Waals surface area contributed by atoms with Gasteiger partial charge in [0.05, 0.1) is 11.5 Å². The van der Waals surface area contributed by atoms with Crippen LogP contribution in [0.2, 0.25) is 0 Å². The summed E-state index contributed by atoms with van der Waals surface area (Å²) in [6.07, 6.45) is 2.26. The van der Waals surface area contributed by atoms with Gasteiger partial charge in [-0.15, -0.1) is 0 Å². The summed E-state index contributed by atoms with van der Waals surface area (Å²) in [6.45, 7) is 6.39. The van der Waals surface area contributed by atoms with E-state index in [-0.39, 0.29) is 10.6 Å². The van der Waals surface area contributed by atoms with E-state index in [1.54, 1.807) is 19.1 Å². The first-order chi connectivity index (χ1) is 9.08. The largest absolute Gasteiger partial charge is 0.493 e. The van der Waals surface area contributed by atoms with Crippen molar-refractivity contribution in [2.45, 2.75) is 26.7 Å². The normalized spacial score (nSPS) is 16.3. The summed E-state index contributed by atoms with van der Waals surface area (Å²) in [4.78, 5) is 10.5. The van der Waals surface area contributed by atoms with Gasteiger partial charge in [0.25, 0.3) is 5.69 Å². The number of piperidine rings is 1. The summed E-state index contributed by atoms with van der Waals surface area (Å²) < 4.78 is 5.84. The fraction of sp³-hybridized carbons (Fsp3) is 0.571. The summed E-state index contributed by atoms with van der Waals surface area (Å²) in [5, 5.41) is 14.2. The minimum absolute atomic E-state index is 0.159. The zero-order valence-corrected chi connectivity index (χ0v) is 11.4. The first-order valence-corrected chi connectivity index (χ1v) is 6.67. The molecule has 1 aromatic carbocycles. The van der Waals surface area contributed by atoms with Gasteiger partial charge in [0.1, 0.15) is 5.75 Å². The lowest BCUT2D eigenvalue weighted by molar-refractivity contribution is -0.385. The van der Waals surface area contributed by atoms with Gasteiger partial charge in [0.15, 0.2) is 0 Å². The summed E-state index contributed by atoms with van der Waals surface area (Å²) in [6, 6.07) is 3.36. The van der Waals surface area contributed by atoms with E-state index in [1.165, 1.54) is 0 Å². The van der Waals surface area contributed by atoms with E-state index in [0.29, 0.717) is 18.1 Å². The fourth-order valence-corrected chi connectivity index (χ4v) is 2.38. The molecule has 1 aliphatic rings. The van der Waals surface area contributed by atoms with E-state index in [4.69, 9.17) is 4.74 Å². The number of rotatable bonds is 4. The first kappa shape index (κ1) is 13.8. The third-order valence-corrected chi connectivity index (χ3v) is 3.62. The molecule has 1 N–H and O–H groups in total. The number of nitrogens with one attached hydrogen (secondary N) is 1. The molecule has 1 heterocycles. The second kappa shape index (κ2) is 6.02. The van der Waals surface area contributed by atoms with E-state index >= 15 is 0 Å². The maximum Gasteiger partial charge on any atom is 0.272 e. The minimum Gasteiger partial charge on any atom is -0.493 e.